The minimum absolute atomic E-state index is 0.133. The summed E-state index contributed by atoms with van der Waals surface area (Å²) in [6.45, 7) is 0. The van der Waals surface area contributed by atoms with E-state index in [0.717, 1.165) is 17.7 Å². The van der Waals surface area contributed by atoms with Crippen LogP contribution in [0.5, 0.6) is 5.75 Å². The molecule has 0 spiro atoms. The zero-order valence-corrected chi connectivity index (χ0v) is 10.5. The van der Waals surface area contributed by atoms with Crippen molar-refractivity contribution in [2.75, 3.05) is 7.11 Å². The third-order valence-electron chi connectivity index (χ3n) is 2.57. The summed E-state index contributed by atoms with van der Waals surface area (Å²) >= 11 is 0. The fourth-order valence-corrected chi connectivity index (χ4v) is 1.67. The van der Waals surface area contributed by atoms with Crippen LogP contribution in [0.1, 0.15) is 17.3 Å². The van der Waals surface area contributed by atoms with Crippen molar-refractivity contribution in [1.82, 2.24) is 10.2 Å². The number of aryl methyl sites for hydroxylation is 2. The minimum atomic E-state index is -0.983. The van der Waals surface area contributed by atoms with Crippen molar-refractivity contribution in [2.45, 2.75) is 19.3 Å². The summed E-state index contributed by atoms with van der Waals surface area (Å²) in [5, 5.41) is 16.1. The molecule has 0 saturated heterocycles. The number of carbonyl (C=O) groups is 1. The molecule has 100 valence electrons. The van der Waals surface area contributed by atoms with Crippen LogP contribution in [0.15, 0.2) is 28.7 Å². The number of nitrogens with zero attached hydrogens (tertiary/aromatic N) is 2. The van der Waals surface area contributed by atoms with E-state index in [1.807, 2.05) is 24.3 Å². The van der Waals surface area contributed by atoms with E-state index in [1.54, 1.807) is 7.11 Å². The van der Waals surface area contributed by atoms with Crippen LogP contribution >= 0.6 is 0 Å². The SMILES string of the molecule is COc1cccc(CCc2nnc(CC(=O)O)o2)c1. The number of hydrogen-bond donors (Lipinski definition) is 1. The van der Waals surface area contributed by atoms with Gasteiger partial charge in [-0.3, -0.25) is 4.79 Å². The molecular formula is C13H14N2O4. The van der Waals surface area contributed by atoms with Gasteiger partial charge in [-0.15, -0.1) is 10.2 Å². The molecule has 6 heteroatoms. The highest BCUT2D eigenvalue weighted by Gasteiger charge is 2.09. The van der Waals surface area contributed by atoms with Gasteiger partial charge in [-0.1, -0.05) is 12.1 Å². The Kier molecular flexibility index (Phi) is 4.12. The highest BCUT2D eigenvalue weighted by Crippen LogP contribution is 2.14. The Bertz CT molecular complexity index is 565. The van der Waals surface area contributed by atoms with Crippen LogP contribution in [0.4, 0.5) is 0 Å². The lowest BCUT2D eigenvalue weighted by Crippen LogP contribution is -1.99. The summed E-state index contributed by atoms with van der Waals surface area (Å²) in [7, 11) is 1.62. The van der Waals surface area contributed by atoms with Crippen molar-refractivity contribution < 1.29 is 19.1 Å². The molecule has 6 nitrogen and oxygen atoms in total. The first kappa shape index (κ1) is 13.1. The van der Waals surface area contributed by atoms with Crippen molar-refractivity contribution >= 4 is 5.97 Å². The molecule has 0 aliphatic rings. The summed E-state index contributed by atoms with van der Waals surface area (Å²) in [4.78, 5) is 10.5. The van der Waals surface area contributed by atoms with Crippen LogP contribution in [0.3, 0.4) is 0 Å². The molecule has 0 fully saturated rings. The largest absolute Gasteiger partial charge is 0.497 e. The van der Waals surface area contributed by atoms with Gasteiger partial charge in [-0.05, 0) is 24.1 Å². The maximum atomic E-state index is 10.5. The predicted molar refractivity (Wildman–Crippen MR) is 66.0 cm³/mol. The van der Waals surface area contributed by atoms with Crippen molar-refractivity contribution in [3.05, 3.63) is 41.6 Å². The average molecular weight is 262 g/mol. The summed E-state index contributed by atoms with van der Waals surface area (Å²) in [6, 6.07) is 7.71. The average Bonchev–Trinajstić information content (AvgIpc) is 2.83. The second kappa shape index (κ2) is 5.99. The topological polar surface area (TPSA) is 85.5 Å². The van der Waals surface area contributed by atoms with Gasteiger partial charge in [0.05, 0.1) is 7.11 Å². The standard InChI is InChI=1S/C13H14N2O4/c1-18-10-4-2-3-9(7-10)5-6-11-14-15-12(19-11)8-13(16)17/h2-4,7H,5-6,8H2,1H3,(H,16,17). The van der Waals surface area contributed by atoms with Crippen LogP contribution in [0.25, 0.3) is 0 Å². The Labute approximate surface area is 110 Å². The van der Waals surface area contributed by atoms with E-state index in [0.29, 0.717) is 12.3 Å². The first-order chi connectivity index (χ1) is 9.17. The van der Waals surface area contributed by atoms with E-state index in [4.69, 9.17) is 14.3 Å². The van der Waals surface area contributed by atoms with Gasteiger partial charge >= 0.3 is 5.97 Å². The first-order valence-electron chi connectivity index (χ1n) is 5.83. The van der Waals surface area contributed by atoms with Gasteiger partial charge in [-0.2, -0.15) is 0 Å². The van der Waals surface area contributed by atoms with Gasteiger partial charge in [0.2, 0.25) is 11.8 Å². The lowest BCUT2D eigenvalue weighted by molar-refractivity contribution is -0.136. The number of carboxylic acid groups (broad SMARTS) is 1. The second-order valence-electron chi connectivity index (χ2n) is 4.01. The van der Waals surface area contributed by atoms with E-state index in [-0.39, 0.29) is 12.3 Å². The number of hydrogen-bond acceptors (Lipinski definition) is 5. The van der Waals surface area contributed by atoms with Gasteiger partial charge in [0.15, 0.2) is 0 Å². The zero-order chi connectivity index (χ0) is 13.7. The molecule has 0 atom stereocenters. The van der Waals surface area contributed by atoms with E-state index < -0.39 is 5.97 Å². The van der Waals surface area contributed by atoms with E-state index in [1.165, 1.54) is 0 Å². The Morgan fingerprint density at radius 2 is 2.11 bits per heavy atom. The molecule has 0 radical (unpaired) electrons. The third kappa shape index (κ3) is 3.80. The number of ether oxygens (including phenoxy) is 1. The summed E-state index contributed by atoms with van der Waals surface area (Å²) in [5.74, 6) is 0.393. The Hall–Kier alpha value is -2.37. The molecule has 0 unspecified atom stereocenters. The molecule has 1 heterocycles. The van der Waals surface area contributed by atoms with Gasteiger partial charge in [0.1, 0.15) is 12.2 Å². The summed E-state index contributed by atoms with van der Waals surface area (Å²) in [5.41, 5.74) is 1.09. The lowest BCUT2D eigenvalue weighted by atomic mass is 10.1. The van der Waals surface area contributed by atoms with Gasteiger partial charge in [0, 0.05) is 6.42 Å². The fraction of sp³-hybridized carbons (Fsp3) is 0.308. The number of methoxy groups -OCH3 is 1. The smallest absolute Gasteiger partial charge is 0.312 e. The number of rotatable bonds is 6. The molecule has 0 aliphatic carbocycles. The van der Waals surface area contributed by atoms with Crippen LogP contribution in [0, 0.1) is 0 Å². The van der Waals surface area contributed by atoms with E-state index >= 15 is 0 Å². The third-order valence-corrected chi connectivity index (χ3v) is 2.57. The fourth-order valence-electron chi connectivity index (χ4n) is 1.67. The molecule has 0 bridgehead atoms. The van der Waals surface area contributed by atoms with Crippen LogP contribution in [-0.4, -0.2) is 28.4 Å². The molecule has 1 aromatic heterocycles. The second-order valence-corrected chi connectivity index (χ2v) is 4.01. The van der Waals surface area contributed by atoms with E-state index in [2.05, 4.69) is 10.2 Å². The van der Waals surface area contributed by atoms with Gasteiger partial charge < -0.3 is 14.3 Å². The Morgan fingerprint density at radius 1 is 1.32 bits per heavy atom. The Balaban J connectivity index is 1.94. The van der Waals surface area contributed by atoms with Gasteiger partial charge in [-0.25, -0.2) is 0 Å². The number of benzene rings is 1. The molecule has 1 N–H and O–H groups in total. The monoisotopic (exact) mass is 262 g/mol. The first-order valence-corrected chi connectivity index (χ1v) is 5.83. The summed E-state index contributed by atoms with van der Waals surface area (Å²) < 4.78 is 10.4. The minimum Gasteiger partial charge on any atom is -0.497 e. The maximum Gasteiger partial charge on any atom is 0.312 e. The van der Waals surface area contributed by atoms with Crippen LogP contribution in [0.2, 0.25) is 0 Å². The zero-order valence-electron chi connectivity index (χ0n) is 10.5. The van der Waals surface area contributed by atoms with Crippen molar-refractivity contribution in [2.24, 2.45) is 0 Å². The predicted octanol–water partition coefficient (Wildman–Crippen LogP) is 1.49. The molecule has 1 aromatic carbocycles. The molecule has 19 heavy (non-hydrogen) atoms. The maximum absolute atomic E-state index is 10.5. The molecule has 0 aliphatic heterocycles. The Morgan fingerprint density at radius 3 is 2.84 bits per heavy atom. The van der Waals surface area contributed by atoms with Crippen LogP contribution in [-0.2, 0) is 24.1 Å². The highest BCUT2D eigenvalue weighted by atomic mass is 16.5. The van der Waals surface area contributed by atoms with Crippen molar-refractivity contribution in [1.29, 1.82) is 0 Å². The number of aliphatic carboxylic acids is 1. The van der Waals surface area contributed by atoms with Crippen molar-refractivity contribution in [3.63, 3.8) is 0 Å². The number of aromatic nitrogens is 2. The summed E-state index contributed by atoms with van der Waals surface area (Å²) in [6.07, 6.45) is 1.05. The lowest BCUT2D eigenvalue weighted by Gasteiger charge is -2.02. The molecule has 2 aromatic rings. The molecule has 0 saturated carbocycles. The van der Waals surface area contributed by atoms with Crippen LogP contribution < -0.4 is 4.74 Å². The molecule has 0 amide bonds. The van der Waals surface area contributed by atoms with E-state index in [9.17, 15) is 4.79 Å². The molecular weight excluding hydrogens is 248 g/mol. The molecule has 2 rings (SSSR count). The van der Waals surface area contributed by atoms with Crippen molar-refractivity contribution in [3.8, 4) is 5.75 Å². The normalized spacial score (nSPS) is 10.4. The van der Waals surface area contributed by atoms with Gasteiger partial charge in [0.25, 0.3) is 0 Å². The highest BCUT2D eigenvalue weighted by molar-refractivity contribution is 5.68. The number of carboxylic acids is 1. The quantitative estimate of drug-likeness (QED) is 0.848.